The zero-order valence-electron chi connectivity index (χ0n) is 17.3. The monoisotopic (exact) mass is 396 g/mol. The first-order chi connectivity index (χ1) is 14.0. The van der Waals surface area contributed by atoms with E-state index in [9.17, 15) is 9.59 Å². The van der Waals surface area contributed by atoms with E-state index in [1.807, 2.05) is 31.3 Å². The summed E-state index contributed by atoms with van der Waals surface area (Å²) in [6.07, 6.45) is 1.26. The van der Waals surface area contributed by atoms with Gasteiger partial charge in [0, 0.05) is 17.7 Å². The topological polar surface area (TPSA) is 84.0 Å². The summed E-state index contributed by atoms with van der Waals surface area (Å²) in [6, 6.07) is 14.6. The van der Waals surface area contributed by atoms with Gasteiger partial charge < -0.3 is 20.7 Å². The molecule has 2 aromatic rings. The Hall–Kier alpha value is -2.86. The fourth-order valence-electron chi connectivity index (χ4n) is 3.63. The summed E-state index contributed by atoms with van der Waals surface area (Å²) < 4.78 is 5.15. The lowest BCUT2D eigenvalue weighted by molar-refractivity contribution is -0.695. The second-order valence-corrected chi connectivity index (χ2v) is 7.93. The van der Waals surface area contributed by atoms with Gasteiger partial charge in [0.2, 0.25) is 5.91 Å². The van der Waals surface area contributed by atoms with Crippen LogP contribution in [0.2, 0.25) is 0 Å². The molecule has 2 amide bonds. The van der Waals surface area contributed by atoms with Crippen LogP contribution in [-0.4, -0.2) is 31.0 Å². The Kier molecular flexibility index (Phi) is 6.88. The number of rotatable bonds is 7. The minimum absolute atomic E-state index is 0.0879. The summed E-state index contributed by atoms with van der Waals surface area (Å²) in [6.45, 7) is 4.87. The van der Waals surface area contributed by atoms with Crippen molar-refractivity contribution < 1.29 is 19.6 Å². The molecule has 0 spiro atoms. The summed E-state index contributed by atoms with van der Waals surface area (Å²) >= 11 is 0. The molecule has 2 aromatic carbocycles. The Labute approximate surface area is 172 Å². The predicted octanol–water partition coefficient (Wildman–Crippen LogP) is 1.85. The van der Waals surface area contributed by atoms with Crippen LogP contribution in [-0.2, 0) is 22.6 Å². The van der Waals surface area contributed by atoms with E-state index in [0.29, 0.717) is 18.5 Å². The zero-order chi connectivity index (χ0) is 20.8. The van der Waals surface area contributed by atoms with E-state index in [1.165, 1.54) is 11.1 Å². The maximum absolute atomic E-state index is 12.9. The lowest BCUT2D eigenvalue weighted by Crippen LogP contribution is -2.93. The number of methoxy groups -OCH3 is 1. The minimum atomic E-state index is -0.574. The summed E-state index contributed by atoms with van der Waals surface area (Å²) in [5, 5.41) is 7.93. The first-order valence-electron chi connectivity index (χ1n) is 10.1. The molecule has 29 heavy (non-hydrogen) atoms. The number of ether oxygens (including phenoxy) is 1. The number of carbonyl (C=O) groups excluding carboxylic acids is 2. The molecule has 0 fully saturated rings. The van der Waals surface area contributed by atoms with Crippen molar-refractivity contribution in [3.63, 3.8) is 0 Å². The van der Waals surface area contributed by atoms with Crippen molar-refractivity contribution in [2.24, 2.45) is 5.92 Å². The molecule has 0 radical (unpaired) electrons. The van der Waals surface area contributed by atoms with Crippen molar-refractivity contribution in [1.82, 2.24) is 5.32 Å². The van der Waals surface area contributed by atoms with Crippen LogP contribution in [0, 0.1) is 5.92 Å². The molecule has 6 heteroatoms. The molecule has 0 saturated carbocycles. The number of anilines is 1. The molecule has 1 aliphatic heterocycles. The lowest BCUT2D eigenvalue weighted by atomic mass is 9.95. The number of nitrogens with two attached hydrogens (primary N) is 1. The molecule has 4 N–H and O–H groups in total. The Morgan fingerprint density at radius 1 is 1.10 bits per heavy atom. The van der Waals surface area contributed by atoms with Crippen LogP contribution < -0.4 is 20.7 Å². The predicted molar refractivity (Wildman–Crippen MR) is 113 cm³/mol. The molecule has 3 rings (SSSR count). The van der Waals surface area contributed by atoms with E-state index in [2.05, 4.69) is 22.8 Å². The van der Waals surface area contributed by atoms with Gasteiger partial charge in [0.25, 0.3) is 5.91 Å². The maximum atomic E-state index is 12.9. The highest BCUT2D eigenvalue weighted by molar-refractivity contribution is 5.97. The smallest absolute Gasteiger partial charge is 0.279 e. The highest BCUT2D eigenvalue weighted by Crippen LogP contribution is 2.17. The molecule has 0 aliphatic carbocycles. The Balaban J connectivity index is 1.64. The molecular formula is C23H30N3O3+. The SMILES string of the molecule is COc1ccc(NC(=O)[C@@H](CC(C)C)NC(=O)[C@@H]2Cc3ccccc3C[NH2+]2)cc1. The van der Waals surface area contributed by atoms with E-state index < -0.39 is 6.04 Å². The Bertz CT molecular complexity index is 849. The number of amides is 2. The molecule has 2 atom stereocenters. The molecule has 0 aromatic heterocycles. The highest BCUT2D eigenvalue weighted by Gasteiger charge is 2.31. The van der Waals surface area contributed by atoms with Crippen molar-refractivity contribution in [3.05, 3.63) is 59.7 Å². The van der Waals surface area contributed by atoms with Gasteiger partial charge >= 0.3 is 0 Å². The van der Waals surface area contributed by atoms with Gasteiger partial charge in [-0.3, -0.25) is 9.59 Å². The number of hydrogen-bond acceptors (Lipinski definition) is 3. The largest absolute Gasteiger partial charge is 0.497 e. The molecule has 1 aliphatic rings. The fourth-order valence-corrected chi connectivity index (χ4v) is 3.63. The van der Waals surface area contributed by atoms with Gasteiger partial charge in [0.05, 0.1) is 7.11 Å². The van der Waals surface area contributed by atoms with Crippen LogP contribution in [0.15, 0.2) is 48.5 Å². The third-order valence-electron chi connectivity index (χ3n) is 5.21. The van der Waals surface area contributed by atoms with Crippen LogP contribution in [0.5, 0.6) is 5.75 Å². The van der Waals surface area contributed by atoms with Crippen molar-refractivity contribution in [3.8, 4) is 5.75 Å². The molecule has 1 heterocycles. The second kappa shape index (κ2) is 9.56. The van der Waals surface area contributed by atoms with Gasteiger partial charge in [0.1, 0.15) is 18.3 Å². The molecule has 0 bridgehead atoms. The quantitative estimate of drug-likeness (QED) is 0.668. The lowest BCUT2D eigenvalue weighted by Gasteiger charge is -2.25. The van der Waals surface area contributed by atoms with Gasteiger partial charge in [0.15, 0.2) is 6.04 Å². The van der Waals surface area contributed by atoms with Crippen molar-refractivity contribution in [1.29, 1.82) is 0 Å². The normalized spacial score (nSPS) is 16.6. The highest BCUT2D eigenvalue weighted by atomic mass is 16.5. The first-order valence-corrected chi connectivity index (χ1v) is 10.1. The van der Waals surface area contributed by atoms with Crippen LogP contribution >= 0.6 is 0 Å². The third kappa shape index (κ3) is 5.57. The van der Waals surface area contributed by atoms with Gasteiger partial charge in [-0.2, -0.15) is 0 Å². The van der Waals surface area contributed by atoms with Gasteiger partial charge in [-0.25, -0.2) is 0 Å². The number of quaternary nitrogens is 1. The Morgan fingerprint density at radius 3 is 2.45 bits per heavy atom. The van der Waals surface area contributed by atoms with Crippen molar-refractivity contribution >= 4 is 17.5 Å². The number of nitrogens with one attached hydrogen (secondary N) is 2. The van der Waals surface area contributed by atoms with Crippen LogP contribution in [0.25, 0.3) is 0 Å². The summed E-state index contributed by atoms with van der Waals surface area (Å²) in [5.41, 5.74) is 3.16. The molecule has 6 nitrogen and oxygen atoms in total. The molecular weight excluding hydrogens is 366 g/mol. The van der Waals surface area contributed by atoms with Gasteiger partial charge in [-0.1, -0.05) is 38.1 Å². The van der Waals surface area contributed by atoms with Crippen LogP contribution in [0.3, 0.4) is 0 Å². The number of hydrogen-bond donors (Lipinski definition) is 3. The first kappa shape index (κ1) is 20.9. The van der Waals surface area contributed by atoms with E-state index in [0.717, 1.165) is 12.3 Å². The number of fused-ring (bicyclic) bond motifs is 1. The van der Waals surface area contributed by atoms with Crippen molar-refractivity contribution in [2.45, 2.75) is 45.3 Å². The molecule has 0 unspecified atom stereocenters. The van der Waals surface area contributed by atoms with E-state index >= 15 is 0 Å². The third-order valence-corrected chi connectivity index (χ3v) is 5.21. The van der Waals surface area contributed by atoms with E-state index in [1.54, 1.807) is 31.4 Å². The van der Waals surface area contributed by atoms with Gasteiger partial charge in [-0.15, -0.1) is 0 Å². The molecule has 0 saturated heterocycles. The van der Waals surface area contributed by atoms with Crippen LogP contribution in [0.4, 0.5) is 5.69 Å². The van der Waals surface area contributed by atoms with Crippen LogP contribution in [0.1, 0.15) is 31.4 Å². The average molecular weight is 397 g/mol. The van der Waals surface area contributed by atoms with Crippen molar-refractivity contribution in [2.75, 3.05) is 12.4 Å². The summed E-state index contributed by atoms with van der Waals surface area (Å²) in [5.74, 6) is 0.713. The minimum Gasteiger partial charge on any atom is -0.497 e. The van der Waals surface area contributed by atoms with Gasteiger partial charge in [-0.05, 0) is 42.2 Å². The number of carbonyl (C=O) groups is 2. The number of benzene rings is 2. The summed E-state index contributed by atoms with van der Waals surface area (Å²) in [7, 11) is 1.60. The average Bonchev–Trinajstić information content (AvgIpc) is 2.73. The standard InChI is InChI=1S/C23H29N3O3/c1-15(2)12-21(23(28)25-18-8-10-19(29-3)11-9-18)26-22(27)20-13-16-6-4-5-7-17(16)14-24-20/h4-11,15,20-21,24H,12-14H2,1-3H3,(H,25,28)(H,26,27)/p+1/t20-,21+/m0/s1. The summed E-state index contributed by atoms with van der Waals surface area (Å²) in [4.78, 5) is 25.8. The fraction of sp³-hybridized carbons (Fsp3) is 0.391. The van der Waals surface area contributed by atoms with E-state index in [-0.39, 0.29) is 23.8 Å². The zero-order valence-corrected chi connectivity index (χ0v) is 17.3. The second-order valence-electron chi connectivity index (χ2n) is 7.93. The maximum Gasteiger partial charge on any atom is 0.279 e. The molecule has 154 valence electrons. The Morgan fingerprint density at radius 2 is 1.79 bits per heavy atom. The van der Waals surface area contributed by atoms with E-state index in [4.69, 9.17) is 4.74 Å².